The zero-order valence-electron chi connectivity index (χ0n) is 11.0. The largest absolute Gasteiger partial charge is 0.370 e. The summed E-state index contributed by atoms with van der Waals surface area (Å²) in [4.78, 5) is 13.4. The first-order valence-corrected chi connectivity index (χ1v) is 7.07. The highest BCUT2D eigenvalue weighted by Crippen LogP contribution is 2.17. The van der Waals surface area contributed by atoms with Gasteiger partial charge >= 0.3 is 0 Å². The van der Waals surface area contributed by atoms with Gasteiger partial charge in [0.1, 0.15) is 11.6 Å². The van der Waals surface area contributed by atoms with Crippen LogP contribution in [0.4, 0.5) is 5.82 Å². The molecule has 1 N–H and O–H groups in total. The van der Waals surface area contributed by atoms with Crippen LogP contribution in [0.25, 0.3) is 0 Å². The van der Waals surface area contributed by atoms with Crippen LogP contribution in [0, 0.1) is 0 Å². The van der Waals surface area contributed by atoms with E-state index in [2.05, 4.69) is 41.0 Å². The van der Waals surface area contributed by atoms with E-state index in [1.54, 1.807) is 11.3 Å². The van der Waals surface area contributed by atoms with Gasteiger partial charge in [-0.2, -0.15) is 0 Å². The molecule has 0 unspecified atom stereocenters. The number of hydrogen-bond donors (Lipinski definition) is 1. The van der Waals surface area contributed by atoms with Gasteiger partial charge in [-0.05, 0) is 6.92 Å². The summed E-state index contributed by atoms with van der Waals surface area (Å²) in [5, 5.41) is 6.33. The molecule has 0 saturated carbocycles. The third-order valence-electron chi connectivity index (χ3n) is 2.49. The fourth-order valence-electron chi connectivity index (χ4n) is 1.63. The van der Waals surface area contributed by atoms with E-state index < -0.39 is 0 Å². The lowest BCUT2D eigenvalue weighted by molar-refractivity contribution is 0.761. The van der Waals surface area contributed by atoms with Gasteiger partial charge in [0.2, 0.25) is 0 Å². The highest BCUT2D eigenvalue weighted by molar-refractivity contribution is 7.09. The summed E-state index contributed by atoms with van der Waals surface area (Å²) in [6.45, 7) is 7.15. The molecule has 0 atom stereocenters. The van der Waals surface area contributed by atoms with E-state index in [-0.39, 0.29) is 0 Å². The Labute approximate surface area is 112 Å². The van der Waals surface area contributed by atoms with Crippen LogP contribution in [0.1, 0.15) is 43.2 Å². The van der Waals surface area contributed by atoms with Crippen LogP contribution in [0.15, 0.2) is 17.6 Å². The SMILES string of the molecule is CCNc1cc(Cc2nccs2)nc(C(C)C)n1. The number of nitrogens with one attached hydrogen (secondary N) is 1. The van der Waals surface area contributed by atoms with Gasteiger partial charge in [0.25, 0.3) is 0 Å². The lowest BCUT2D eigenvalue weighted by atomic mass is 10.2. The maximum Gasteiger partial charge on any atom is 0.133 e. The van der Waals surface area contributed by atoms with Crippen molar-refractivity contribution in [3.05, 3.63) is 34.2 Å². The van der Waals surface area contributed by atoms with E-state index in [4.69, 9.17) is 0 Å². The molecular weight excluding hydrogens is 244 g/mol. The number of hydrogen-bond acceptors (Lipinski definition) is 5. The van der Waals surface area contributed by atoms with Gasteiger partial charge in [0.05, 0.1) is 10.7 Å². The van der Waals surface area contributed by atoms with Gasteiger partial charge in [0, 0.05) is 36.5 Å². The predicted molar refractivity (Wildman–Crippen MR) is 75.2 cm³/mol. The van der Waals surface area contributed by atoms with Crippen LogP contribution >= 0.6 is 11.3 Å². The van der Waals surface area contributed by atoms with Crippen molar-refractivity contribution in [1.82, 2.24) is 15.0 Å². The van der Waals surface area contributed by atoms with Crippen molar-refractivity contribution < 1.29 is 0 Å². The quantitative estimate of drug-likeness (QED) is 0.899. The molecule has 2 heterocycles. The van der Waals surface area contributed by atoms with Gasteiger partial charge < -0.3 is 5.32 Å². The van der Waals surface area contributed by atoms with E-state index in [1.807, 2.05) is 17.6 Å². The maximum atomic E-state index is 4.61. The van der Waals surface area contributed by atoms with Crippen molar-refractivity contribution in [1.29, 1.82) is 0 Å². The summed E-state index contributed by atoms with van der Waals surface area (Å²) < 4.78 is 0. The Balaban J connectivity index is 2.27. The summed E-state index contributed by atoms with van der Waals surface area (Å²) in [6.07, 6.45) is 2.61. The van der Waals surface area contributed by atoms with Crippen molar-refractivity contribution in [2.75, 3.05) is 11.9 Å². The van der Waals surface area contributed by atoms with Crippen LogP contribution < -0.4 is 5.32 Å². The molecule has 0 aromatic carbocycles. The molecule has 0 bridgehead atoms. The summed E-state index contributed by atoms with van der Waals surface area (Å²) in [5.41, 5.74) is 1.03. The van der Waals surface area contributed by atoms with Crippen LogP contribution in [0.3, 0.4) is 0 Å². The highest BCUT2D eigenvalue weighted by Gasteiger charge is 2.09. The molecule has 18 heavy (non-hydrogen) atoms. The molecule has 5 heteroatoms. The second-order valence-electron chi connectivity index (χ2n) is 4.39. The van der Waals surface area contributed by atoms with Crippen LogP contribution in [-0.2, 0) is 6.42 Å². The van der Waals surface area contributed by atoms with Crippen molar-refractivity contribution in [2.45, 2.75) is 33.1 Å². The van der Waals surface area contributed by atoms with E-state index in [1.165, 1.54) is 0 Å². The second kappa shape index (κ2) is 5.91. The van der Waals surface area contributed by atoms with Crippen LogP contribution in [0.2, 0.25) is 0 Å². The Kier molecular flexibility index (Phi) is 4.25. The molecule has 2 aromatic heterocycles. The molecule has 2 aromatic rings. The maximum absolute atomic E-state index is 4.61. The Hall–Kier alpha value is -1.49. The minimum atomic E-state index is 0.332. The zero-order chi connectivity index (χ0) is 13.0. The van der Waals surface area contributed by atoms with Gasteiger partial charge in [-0.25, -0.2) is 15.0 Å². The normalized spacial score (nSPS) is 10.9. The lowest BCUT2D eigenvalue weighted by Gasteiger charge is -2.10. The van der Waals surface area contributed by atoms with Gasteiger partial charge in [-0.15, -0.1) is 11.3 Å². The molecular formula is C13H18N4S. The third kappa shape index (κ3) is 3.26. The molecule has 0 aliphatic rings. The number of anilines is 1. The summed E-state index contributed by atoms with van der Waals surface area (Å²) in [5.74, 6) is 2.13. The Bertz CT molecular complexity index is 494. The average Bonchev–Trinajstić information content (AvgIpc) is 2.82. The molecule has 0 aliphatic carbocycles. The lowest BCUT2D eigenvalue weighted by Crippen LogP contribution is -2.07. The van der Waals surface area contributed by atoms with E-state index >= 15 is 0 Å². The minimum absolute atomic E-state index is 0.332. The van der Waals surface area contributed by atoms with E-state index in [0.717, 1.165) is 35.3 Å². The fourth-order valence-corrected chi connectivity index (χ4v) is 2.27. The molecule has 0 amide bonds. The topological polar surface area (TPSA) is 50.7 Å². The molecule has 0 spiro atoms. The predicted octanol–water partition coefficient (Wildman–Crippen LogP) is 3.08. The molecule has 96 valence electrons. The number of rotatable bonds is 5. The highest BCUT2D eigenvalue weighted by atomic mass is 32.1. The van der Waals surface area contributed by atoms with Crippen molar-refractivity contribution >= 4 is 17.2 Å². The average molecular weight is 262 g/mol. The Morgan fingerprint density at radius 1 is 1.33 bits per heavy atom. The minimum Gasteiger partial charge on any atom is -0.370 e. The van der Waals surface area contributed by atoms with Crippen molar-refractivity contribution in [2.24, 2.45) is 0 Å². The van der Waals surface area contributed by atoms with Crippen LogP contribution in [0.5, 0.6) is 0 Å². The number of nitrogens with zero attached hydrogens (tertiary/aromatic N) is 3. The molecule has 0 fully saturated rings. The van der Waals surface area contributed by atoms with E-state index in [9.17, 15) is 0 Å². The smallest absolute Gasteiger partial charge is 0.133 e. The van der Waals surface area contributed by atoms with Crippen molar-refractivity contribution in [3.63, 3.8) is 0 Å². The van der Waals surface area contributed by atoms with Gasteiger partial charge in [0.15, 0.2) is 0 Å². The molecule has 0 saturated heterocycles. The summed E-state index contributed by atoms with van der Waals surface area (Å²) in [6, 6.07) is 2.01. The molecule has 0 radical (unpaired) electrons. The first-order valence-electron chi connectivity index (χ1n) is 6.19. The monoisotopic (exact) mass is 262 g/mol. The zero-order valence-corrected chi connectivity index (χ0v) is 11.8. The summed E-state index contributed by atoms with van der Waals surface area (Å²) >= 11 is 1.66. The van der Waals surface area contributed by atoms with Gasteiger partial charge in [-0.1, -0.05) is 13.8 Å². The Morgan fingerprint density at radius 2 is 2.17 bits per heavy atom. The molecule has 2 rings (SSSR count). The fraction of sp³-hybridized carbons (Fsp3) is 0.462. The first kappa shape index (κ1) is 13.0. The van der Waals surface area contributed by atoms with Gasteiger partial charge in [-0.3, -0.25) is 0 Å². The third-order valence-corrected chi connectivity index (χ3v) is 3.27. The Morgan fingerprint density at radius 3 is 2.78 bits per heavy atom. The van der Waals surface area contributed by atoms with E-state index in [0.29, 0.717) is 5.92 Å². The molecule has 0 aliphatic heterocycles. The molecule has 4 nitrogen and oxygen atoms in total. The second-order valence-corrected chi connectivity index (χ2v) is 5.37. The first-order chi connectivity index (χ1) is 8.69. The van der Waals surface area contributed by atoms with Crippen molar-refractivity contribution in [3.8, 4) is 0 Å². The standard InChI is InChI=1S/C13H18N4S/c1-4-14-11-7-10(8-12-15-5-6-18-12)16-13(17-11)9(2)3/h5-7,9H,4,8H2,1-3H3,(H,14,16,17). The summed E-state index contributed by atoms with van der Waals surface area (Å²) in [7, 11) is 0. The number of aromatic nitrogens is 3. The number of thiazole rings is 1. The van der Waals surface area contributed by atoms with Crippen LogP contribution in [-0.4, -0.2) is 21.5 Å².